The molecule has 33 heavy (non-hydrogen) atoms. The van der Waals surface area contributed by atoms with Gasteiger partial charge >= 0.3 is 0 Å². The van der Waals surface area contributed by atoms with Crippen LogP contribution in [0.4, 0.5) is 0 Å². The first kappa shape index (κ1) is 37.1. The molecule has 0 aliphatic carbocycles. The second kappa shape index (κ2) is 20.9. The molecule has 2 nitrogen and oxygen atoms in total. The Balaban J connectivity index is -0.000000514. The predicted octanol–water partition coefficient (Wildman–Crippen LogP) is 9.04. The van der Waals surface area contributed by atoms with Gasteiger partial charge in [-0.15, -0.1) is 23.5 Å². The van der Waals surface area contributed by atoms with E-state index in [1.807, 2.05) is 35.7 Å². The number of ether oxygens (including phenoxy) is 2. The average molecular weight is 647 g/mol. The molecule has 0 spiro atoms. The largest absolute Gasteiger partial charge is 0.497 e. The molecule has 0 N–H and O–H groups in total. The maximum Gasteiger partial charge on any atom is 0.125 e. The Morgan fingerprint density at radius 3 is 1.55 bits per heavy atom. The van der Waals surface area contributed by atoms with Crippen molar-refractivity contribution >= 4 is 23.5 Å². The monoisotopic (exact) mass is 648 g/mol. The van der Waals surface area contributed by atoms with Crippen molar-refractivity contribution in [2.75, 3.05) is 25.7 Å². The normalized spacial score (nSPS) is 9.45. The van der Waals surface area contributed by atoms with Gasteiger partial charge < -0.3 is 9.47 Å². The van der Waals surface area contributed by atoms with E-state index in [0.717, 1.165) is 11.5 Å². The molecule has 2 aromatic carbocycles. The first-order chi connectivity index (χ1) is 14.4. The fourth-order valence-corrected chi connectivity index (χ4v) is 5.46. The maximum absolute atomic E-state index is 5.51. The number of rotatable bonds is 10. The third-order valence-electron chi connectivity index (χ3n) is 5.26. The summed E-state index contributed by atoms with van der Waals surface area (Å²) in [6.07, 6.45) is 5.10. The fraction of sp³-hybridized carbons (Fsp3) is 0.556. The second-order valence-corrected chi connectivity index (χ2v) is 9.72. The van der Waals surface area contributed by atoms with Gasteiger partial charge in [-0.05, 0) is 98.6 Å². The number of hydrogen-bond donors (Lipinski definition) is 0. The summed E-state index contributed by atoms with van der Waals surface area (Å²) in [4.78, 5) is 2.78. The minimum Gasteiger partial charge on any atom is -0.497 e. The minimum atomic E-state index is 0. The van der Waals surface area contributed by atoms with Crippen LogP contribution in [0.2, 0.25) is 0 Å². The van der Waals surface area contributed by atoms with E-state index >= 15 is 0 Å². The van der Waals surface area contributed by atoms with Gasteiger partial charge in [-0.2, -0.15) is 0 Å². The second-order valence-electron chi connectivity index (χ2n) is 7.44. The van der Waals surface area contributed by atoms with E-state index in [0.29, 0.717) is 0 Å². The van der Waals surface area contributed by atoms with Crippen molar-refractivity contribution in [3.8, 4) is 11.5 Å². The fourth-order valence-electron chi connectivity index (χ4n) is 3.09. The van der Waals surface area contributed by atoms with Gasteiger partial charge in [0, 0.05) is 41.8 Å². The topological polar surface area (TPSA) is 18.5 Å². The molecule has 0 amide bonds. The molecule has 0 atom stereocenters. The molecule has 182 valence electrons. The molecule has 0 aliphatic rings. The summed E-state index contributed by atoms with van der Waals surface area (Å²) in [6, 6.07) is 8.24. The summed E-state index contributed by atoms with van der Waals surface area (Å²) in [7, 11) is 3.46. The number of thioether (sulfide) groups is 2. The van der Waals surface area contributed by atoms with Crippen LogP contribution >= 0.6 is 23.5 Å². The van der Waals surface area contributed by atoms with Gasteiger partial charge in [0.2, 0.25) is 0 Å². The zero-order valence-electron chi connectivity index (χ0n) is 21.4. The molecule has 0 unspecified atom stereocenters. The van der Waals surface area contributed by atoms with Crippen LogP contribution in [0.15, 0.2) is 34.1 Å². The van der Waals surface area contributed by atoms with Gasteiger partial charge in [0.05, 0.1) is 14.2 Å². The standard InChI is InChI=1S/C15H24OS.C11H16OS.CH4.He.Hf/c1-7-8-9-17-15-12(4)10(2)14(16-6)11(3)13(15)5;1-3-4-9-13-11-7-5-10(12-2)6-8-11;;;/h7-9H2,1-6H3;5-8H,3-4,9H2,1-2H3;1H4;;. The van der Waals surface area contributed by atoms with E-state index in [1.54, 1.807) is 14.2 Å². The zero-order valence-corrected chi connectivity index (χ0v) is 26.6. The Morgan fingerprint density at radius 2 is 1.15 bits per heavy atom. The summed E-state index contributed by atoms with van der Waals surface area (Å²) in [5, 5.41) is 0. The van der Waals surface area contributed by atoms with Crippen LogP contribution < -0.4 is 9.47 Å². The van der Waals surface area contributed by atoms with E-state index in [-0.39, 0.29) is 39.4 Å². The molecule has 2 aromatic rings. The number of hydrogen-bond acceptors (Lipinski definition) is 4. The van der Waals surface area contributed by atoms with Crippen LogP contribution in [-0.2, 0) is 25.8 Å². The maximum atomic E-state index is 5.51. The summed E-state index contributed by atoms with van der Waals surface area (Å²) >= 11 is 3.90. The third-order valence-corrected chi connectivity index (χ3v) is 7.75. The van der Waals surface area contributed by atoms with Gasteiger partial charge in [0.25, 0.3) is 0 Å². The van der Waals surface area contributed by atoms with Crippen LogP contribution in [0.25, 0.3) is 0 Å². The van der Waals surface area contributed by atoms with E-state index in [4.69, 9.17) is 9.47 Å². The van der Waals surface area contributed by atoms with Gasteiger partial charge in [-0.1, -0.05) is 34.1 Å². The number of benzene rings is 2. The Hall–Kier alpha value is -0.481. The molecule has 0 bridgehead atoms. The van der Waals surface area contributed by atoms with Crippen LogP contribution in [-0.4, -0.2) is 25.7 Å². The molecule has 0 radical (unpaired) electrons. The zero-order chi connectivity index (χ0) is 22.5. The molecule has 0 fully saturated rings. The van der Waals surface area contributed by atoms with Crippen molar-refractivity contribution in [3.63, 3.8) is 0 Å². The quantitative estimate of drug-likeness (QED) is 0.146. The molecule has 6 heteroatoms. The van der Waals surface area contributed by atoms with Crippen molar-refractivity contribution < 1.29 is 41.5 Å². The first-order valence-electron chi connectivity index (χ1n) is 10.9. The van der Waals surface area contributed by atoms with Gasteiger partial charge in [0.15, 0.2) is 0 Å². The van der Waals surface area contributed by atoms with E-state index in [9.17, 15) is 0 Å². The van der Waals surface area contributed by atoms with Crippen molar-refractivity contribution in [1.29, 1.82) is 0 Å². The Labute approximate surface area is 231 Å². The van der Waals surface area contributed by atoms with Crippen molar-refractivity contribution in [1.82, 2.24) is 0 Å². The van der Waals surface area contributed by atoms with Crippen LogP contribution in [0, 0.1) is 33.8 Å². The summed E-state index contributed by atoms with van der Waals surface area (Å²) in [5.74, 6) is 4.41. The van der Waals surface area contributed by atoms with Gasteiger partial charge in [0.1, 0.15) is 11.5 Å². The Bertz CT molecular complexity index is 739. The number of unbranched alkanes of at least 4 members (excludes halogenated alkanes) is 2. The molecule has 0 saturated carbocycles. The van der Waals surface area contributed by atoms with E-state index < -0.39 is 0 Å². The number of methoxy groups -OCH3 is 2. The molecule has 0 saturated heterocycles. The van der Waals surface area contributed by atoms with Crippen LogP contribution in [0.1, 0.15) is 69.2 Å². The van der Waals surface area contributed by atoms with E-state index in [2.05, 4.69) is 53.7 Å². The van der Waals surface area contributed by atoms with Crippen LogP contribution in [0.3, 0.4) is 0 Å². The molecule has 0 aliphatic heterocycles. The Morgan fingerprint density at radius 1 is 0.697 bits per heavy atom. The summed E-state index contributed by atoms with van der Waals surface area (Å²) in [5.41, 5.74) is 5.33. The van der Waals surface area contributed by atoms with Crippen molar-refractivity contribution in [2.45, 2.75) is 84.4 Å². The van der Waals surface area contributed by atoms with Crippen molar-refractivity contribution in [3.05, 3.63) is 46.5 Å². The van der Waals surface area contributed by atoms with Gasteiger partial charge in [-0.25, -0.2) is 0 Å². The SMILES string of the molecule is C.CCCCSc1c(C)c(C)c(OC)c(C)c1C.CCCCSc1ccc(OC)cc1.[He].[Hf]. The Kier molecular flexibility index (Phi) is 23.4. The van der Waals surface area contributed by atoms with Gasteiger partial charge in [-0.3, -0.25) is 0 Å². The minimum absolute atomic E-state index is 0. The third kappa shape index (κ3) is 12.2. The molecule has 2 rings (SSSR count). The van der Waals surface area contributed by atoms with Crippen LogP contribution in [0.5, 0.6) is 11.5 Å². The molecule has 0 aromatic heterocycles. The molecular formula is C27H44HeHfO2S2. The smallest absolute Gasteiger partial charge is 0.125 e. The first-order valence-corrected chi connectivity index (χ1v) is 12.9. The molecular weight excluding hydrogens is 603 g/mol. The average Bonchev–Trinajstić information content (AvgIpc) is 2.76. The van der Waals surface area contributed by atoms with Crippen molar-refractivity contribution in [2.24, 2.45) is 0 Å². The molecule has 0 heterocycles. The summed E-state index contributed by atoms with van der Waals surface area (Å²) in [6.45, 7) is 13.2. The summed E-state index contributed by atoms with van der Waals surface area (Å²) < 4.78 is 10.6. The van der Waals surface area contributed by atoms with E-state index in [1.165, 1.54) is 69.2 Å². The predicted molar refractivity (Wildman–Crippen MR) is 143 cm³/mol.